The van der Waals surface area contributed by atoms with Crippen LogP contribution >= 0.6 is 0 Å². The Morgan fingerprint density at radius 1 is 1.00 bits per heavy atom. The first-order valence-corrected chi connectivity index (χ1v) is 3.91. The lowest BCUT2D eigenvalue weighted by molar-refractivity contribution is 0.361. The first kappa shape index (κ1) is 9.67. The maximum Gasteiger partial charge on any atom is 0.518 e. The summed E-state index contributed by atoms with van der Waals surface area (Å²) >= 11 is 0. The predicted molar refractivity (Wildman–Crippen MR) is 38.0 cm³/mol. The van der Waals surface area contributed by atoms with Gasteiger partial charge >= 0.3 is 10.4 Å². The van der Waals surface area contributed by atoms with E-state index >= 15 is 0 Å². The van der Waals surface area contributed by atoms with E-state index in [4.69, 9.17) is 0 Å². The van der Waals surface area contributed by atoms with Crippen LogP contribution in [0.15, 0.2) is 0 Å². The van der Waals surface area contributed by atoms with E-state index in [1.165, 1.54) is 13.8 Å². The third-order valence-electron chi connectivity index (χ3n) is 0.492. The van der Waals surface area contributed by atoms with E-state index in [2.05, 4.69) is 20.2 Å². The maximum absolute atomic E-state index is 10.5. The molecule has 0 unspecified atom stereocenters. The molecule has 0 rings (SSSR count). The van der Waals surface area contributed by atoms with Gasteiger partial charge in [-0.1, -0.05) is 11.8 Å². The van der Waals surface area contributed by atoms with Gasteiger partial charge in [-0.3, -0.25) is 8.37 Å². The molecule has 0 bridgehead atoms. The normalized spacial score (nSPS) is 8.18. The molecule has 5 heteroatoms. The number of hydrogen-bond acceptors (Lipinski definition) is 4. The summed E-state index contributed by atoms with van der Waals surface area (Å²) in [7, 11) is -4.05. The van der Waals surface area contributed by atoms with Crippen molar-refractivity contribution in [1.29, 1.82) is 0 Å². The molecule has 0 radical (unpaired) electrons. The highest BCUT2D eigenvalue weighted by atomic mass is 32.3. The van der Waals surface area contributed by atoms with Gasteiger partial charge in [0.25, 0.3) is 0 Å². The SMILES string of the molecule is CC#COS(=O)(=O)OC#CC. The highest BCUT2D eigenvalue weighted by molar-refractivity contribution is 7.82. The minimum absolute atomic E-state index is 1.43. The standard InChI is InChI=1S/C6H6O4S/c1-3-5-9-11(7,8)10-6-4-2/h1-2H3. The van der Waals surface area contributed by atoms with Gasteiger partial charge in [0.05, 0.1) is 0 Å². The van der Waals surface area contributed by atoms with Gasteiger partial charge in [-0.15, -0.1) is 8.42 Å². The van der Waals surface area contributed by atoms with Gasteiger partial charge in [0.15, 0.2) is 0 Å². The van der Waals surface area contributed by atoms with E-state index < -0.39 is 10.4 Å². The minimum Gasteiger partial charge on any atom is -0.297 e. The molecule has 60 valence electrons. The molecule has 0 spiro atoms. The fourth-order valence-corrected chi connectivity index (χ4v) is 0.607. The first-order chi connectivity index (χ1) is 5.12. The smallest absolute Gasteiger partial charge is 0.297 e. The van der Waals surface area contributed by atoms with Crippen LogP contribution in [-0.2, 0) is 18.8 Å². The van der Waals surface area contributed by atoms with Crippen LogP contribution in [0, 0.1) is 24.1 Å². The Kier molecular flexibility index (Phi) is 3.94. The van der Waals surface area contributed by atoms with Crippen molar-refractivity contribution in [3.8, 4) is 24.1 Å². The molecular formula is C6H6O4S. The Bertz CT molecular complexity index is 291. The average molecular weight is 174 g/mol. The molecule has 0 N–H and O–H groups in total. The first-order valence-electron chi connectivity index (χ1n) is 2.57. The van der Waals surface area contributed by atoms with Crippen LogP contribution in [0.5, 0.6) is 0 Å². The third kappa shape index (κ3) is 5.13. The summed E-state index contributed by atoms with van der Waals surface area (Å²) < 4.78 is 28.9. The highest BCUT2D eigenvalue weighted by Crippen LogP contribution is 1.91. The van der Waals surface area contributed by atoms with E-state index in [-0.39, 0.29) is 0 Å². The monoisotopic (exact) mass is 174 g/mol. The topological polar surface area (TPSA) is 52.6 Å². The molecule has 4 nitrogen and oxygen atoms in total. The van der Waals surface area contributed by atoms with E-state index in [0.717, 1.165) is 0 Å². The van der Waals surface area contributed by atoms with E-state index in [1.54, 1.807) is 0 Å². The molecule has 0 aromatic carbocycles. The van der Waals surface area contributed by atoms with Crippen LogP contribution in [0.4, 0.5) is 0 Å². The van der Waals surface area contributed by atoms with Crippen molar-refractivity contribution in [2.24, 2.45) is 0 Å². The zero-order valence-electron chi connectivity index (χ0n) is 6.04. The quantitative estimate of drug-likeness (QED) is 0.562. The van der Waals surface area contributed by atoms with Crippen molar-refractivity contribution >= 4 is 10.4 Å². The second-order valence-corrected chi connectivity index (χ2v) is 2.43. The number of hydrogen-bond donors (Lipinski definition) is 0. The Balaban J connectivity index is 4.17. The van der Waals surface area contributed by atoms with Crippen LogP contribution in [0.1, 0.15) is 13.8 Å². The third-order valence-corrected chi connectivity index (χ3v) is 1.07. The summed E-state index contributed by atoms with van der Waals surface area (Å²) in [5, 5.41) is 0. The van der Waals surface area contributed by atoms with Gasteiger partial charge in [-0.25, -0.2) is 0 Å². The summed E-state index contributed by atoms with van der Waals surface area (Å²) in [6.07, 6.45) is 3.73. The van der Waals surface area contributed by atoms with Crippen molar-refractivity contribution in [3.05, 3.63) is 0 Å². The molecule has 0 saturated carbocycles. The molecule has 0 saturated heterocycles. The molecule has 0 atom stereocenters. The molecule has 0 amide bonds. The van der Waals surface area contributed by atoms with Crippen molar-refractivity contribution in [2.45, 2.75) is 13.8 Å². The Hall–Kier alpha value is -1.33. The molecule has 0 aliphatic rings. The van der Waals surface area contributed by atoms with Gasteiger partial charge in [0.2, 0.25) is 0 Å². The Labute approximate surface area is 65.8 Å². The molecule has 0 heterocycles. The Morgan fingerprint density at radius 2 is 1.36 bits per heavy atom. The second kappa shape index (κ2) is 4.48. The molecule has 0 aromatic heterocycles. The van der Waals surface area contributed by atoms with E-state index in [0.29, 0.717) is 0 Å². The second-order valence-electron chi connectivity index (χ2n) is 1.28. The summed E-state index contributed by atoms with van der Waals surface area (Å²) in [5.74, 6) is 4.44. The molecule has 0 fully saturated rings. The van der Waals surface area contributed by atoms with Gasteiger partial charge in [0.1, 0.15) is 12.2 Å². The largest absolute Gasteiger partial charge is 0.518 e. The summed E-state index contributed by atoms with van der Waals surface area (Å²) in [4.78, 5) is 0. The lowest BCUT2D eigenvalue weighted by atomic mass is 10.8. The summed E-state index contributed by atoms with van der Waals surface area (Å²) in [5.41, 5.74) is 0. The minimum atomic E-state index is -4.05. The maximum atomic E-state index is 10.5. The average Bonchev–Trinajstić information content (AvgIpc) is 1.97. The fraction of sp³-hybridized carbons (Fsp3) is 0.333. The number of rotatable bonds is 2. The predicted octanol–water partition coefficient (Wildman–Crippen LogP) is 0.226. The molecule has 0 aliphatic carbocycles. The van der Waals surface area contributed by atoms with E-state index in [9.17, 15) is 8.42 Å². The lowest BCUT2D eigenvalue weighted by Crippen LogP contribution is -2.02. The van der Waals surface area contributed by atoms with Crippen LogP contribution < -0.4 is 0 Å². The zero-order chi connectivity index (χ0) is 8.74. The van der Waals surface area contributed by atoms with Gasteiger partial charge in [-0.05, 0) is 0 Å². The van der Waals surface area contributed by atoms with Crippen molar-refractivity contribution in [2.75, 3.05) is 0 Å². The van der Waals surface area contributed by atoms with Crippen LogP contribution in [0.25, 0.3) is 0 Å². The van der Waals surface area contributed by atoms with E-state index in [1.807, 2.05) is 12.2 Å². The molecule has 11 heavy (non-hydrogen) atoms. The van der Waals surface area contributed by atoms with Gasteiger partial charge < -0.3 is 0 Å². The van der Waals surface area contributed by atoms with Crippen molar-refractivity contribution in [3.63, 3.8) is 0 Å². The summed E-state index contributed by atoms with van der Waals surface area (Å²) in [6, 6.07) is 0. The van der Waals surface area contributed by atoms with Crippen molar-refractivity contribution < 1.29 is 16.8 Å². The lowest BCUT2D eigenvalue weighted by Gasteiger charge is -1.92. The molecule has 0 aliphatic heterocycles. The van der Waals surface area contributed by atoms with Crippen LogP contribution in [-0.4, -0.2) is 8.42 Å². The molecular weight excluding hydrogens is 168 g/mol. The fourth-order valence-electron chi connectivity index (χ4n) is 0.202. The van der Waals surface area contributed by atoms with Crippen LogP contribution in [0.2, 0.25) is 0 Å². The molecule has 0 aromatic rings. The highest BCUT2D eigenvalue weighted by Gasteiger charge is 2.08. The van der Waals surface area contributed by atoms with Gasteiger partial charge in [0, 0.05) is 13.8 Å². The van der Waals surface area contributed by atoms with Crippen molar-refractivity contribution in [1.82, 2.24) is 0 Å². The Morgan fingerprint density at radius 3 is 1.64 bits per heavy atom. The summed E-state index contributed by atoms with van der Waals surface area (Å²) in [6.45, 7) is 2.86. The zero-order valence-corrected chi connectivity index (χ0v) is 6.86. The van der Waals surface area contributed by atoms with Crippen LogP contribution in [0.3, 0.4) is 0 Å². The van der Waals surface area contributed by atoms with Gasteiger partial charge in [-0.2, -0.15) is 0 Å².